The Bertz CT molecular complexity index is 682. The van der Waals surface area contributed by atoms with Gasteiger partial charge in [0.05, 0.1) is 31.8 Å². The van der Waals surface area contributed by atoms with Crippen LogP contribution >= 0.6 is 0 Å². The molecular formula is C18H22N2O5. The smallest absolute Gasteiger partial charge is 0.292 e. The Morgan fingerprint density at radius 1 is 1.28 bits per heavy atom. The molecule has 2 fully saturated rings. The molecule has 1 atom stereocenters. The van der Waals surface area contributed by atoms with Gasteiger partial charge in [-0.05, 0) is 19.1 Å². The van der Waals surface area contributed by atoms with Crippen LogP contribution in [0.15, 0.2) is 24.3 Å². The number of carboxylic acid groups (broad SMARTS) is 1. The van der Waals surface area contributed by atoms with E-state index >= 15 is 0 Å². The van der Waals surface area contributed by atoms with Crippen LogP contribution in [0.4, 0.5) is 5.69 Å². The lowest BCUT2D eigenvalue weighted by molar-refractivity contribution is -0.920. The number of likely N-dealkylation sites (tertiary alicyclic amines) is 1. The van der Waals surface area contributed by atoms with Crippen molar-refractivity contribution < 1.29 is 29.1 Å². The van der Waals surface area contributed by atoms with E-state index in [1.165, 1.54) is 4.90 Å². The number of anilines is 1. The Kier molecular flexibility index (Phi) is 5.03. The molecule has 0 bridgehead atoms. The van der Waals surface area contributed by atoms with Crippen molar-refractivity contribution in [3.8, 4) is 5.75 Å². The van der Waals surface area contributed by atoms with Gasteiger partial charge in [0.2, 0.25) is 5.91 Å². The third kappa shape index (κ3) is 3.37. The number of carboxylic acids is 1. The predicted molar refractivity (Wildman–Crippen MR) is 86.9 cm³/mol. The molecule has 2 aliphatic heterocycles. The van der Waals surface area contributed by atoms with E-state index in [-0.39, 0.29) is 18.2 Å². The maximum atomic E-state index is 12.9. The van der Waals surface area contributed by atoms with E-state index in [1.54, 1.807) is 24.3 Å². The molecule has 2 amide bonds. The van der Waals surface area contributed by atoms with E-state index in [9.17, 15) is 19.5 Å². The van der Waals surface area contributed by atoms with Gasteiger partial charge < -0.3 is 19.5 Å². The Balaban J connectivity index is 1.76. The molecular weight excluding hydrogens is 324 g/mol. The second kappa shape index (κ2) is 7.23. The number of quaternary nitrogens is 1. The molecule has 2 aliphatic rings. The summed E-state index contributed by atoms with van der Waals surface area (Å²) in [6.45, 7) is 3.41. The number of imide groups is 1. The molecule has 0 saturated carbocycles. The summed E-state index contributed by atoms with van der Waals surface area (Å²) in [4.78, 5) is 38.6. The molecule has 3 rings (SSSR count). The van der Waals surface area contributed by atoms with Crippen molar-refractivity contribution in [2.45, 2.75) is 32.2 Å². The van der Waals surface area contributed by atoms with Crippen molar-refractivity contribution in [2.24, 2.45) is 5.92 Å². The number of aliphatic carboxylic acids is 1. The molecule has 1 aromatic rings. The van der Waals surface area contributed by atoms with Gasteiger partial charge in [-0.3, -0.25) is 9.59 Å². The van der Waals surface area contributed by atoms with Gasteiger partial charge in [0, 0.05) is 24.7 Å². The largest absolute Gasteiger partial charge is 0.550 e. The fourth-order valence-corrected chi connectivity index (χ4v) is 3.70. The topological polar surface area (TPSA) is 91.2 Å². The van der Waals surface area contributed by atoms with Crippen LogP contribution in [-0.2, 0) is 14.4 Å². The zero-order valence-electron chi connectivity index (χ0n) is 14.2. The second-order valence-corrected chi connectivity index (χ2v) is 6.48. The Labute approximate surface area is 146 Å². The molecule has 2 saturated heterocycles. The highest BCUT2D eigenvalue weighted by molar-refractivity contribution is 6.22. The fraction of sp³-hybridized carbons (Fsp3) is 0.500. The number of para-hydroxylation sites is 2. The minimum atomic E-state index is -1.03. The van der Waals surface area contributed by atoms with E-state index in [0.29, 0.717) is 44.0 Å². The van der Waals surface area contributed by atoms with Crippen LogP contribution in [0.5, 0.6) is 5.75 Å². The van der Waals surface area contributed by atoms with Gasteiger partial charge >= 0.3 is 0 Å². The van der Waals surface area contributed by atoms with E-state index in [4.69, 9.17) is 4.74 Å². The lowest BCUT2D eigenvalue weighted by Gasteiger charge is -2.32. The SMILES string of the molecule is CCOc1ccccc1N1C(=O)C[C@@H]([NH+]2CCC(C(=O)[O-])CC2)C1=O. The average Bonchev–Trinajstić information content (AvgIpc) is 2.90. The van der Waals surface area contributed by atoms with Crippen molar-refractivity contribution in [2.75, 3.05) is 24.6 Å². The lowest BCUT2D eigenvalue weighted by Crippen LogP contribution is -3.17. The summed E-state index contributed by atoms with van der Waals surface area (Å²) in [5.41, 5.74) is 0.478. The molecule has 0 radical (unpaired) electrons. The van der Waals surface area contributed by atoms with Gasteiger partial charge in [0.15, 0.2) is 6.04 Å². The molecule has 1 aromatic carbocycles. The third-order valence-corrected chi connectivity index (χ3v) is 5.01. The molecule has 0 unspecified atom stereocenters. The number of rotatable bonds is 5. The van der Waals surface area contributed by atoms with Crippen LogP contribution in [0, 0.1) is 5.92 Å². The van der Waals surface area contributed by atoms with Crippen LogP contribution in [0.2, 0.25) is 0 Å². The first kappa shape index (κ1) is 17.4. The van der Waals surface area contributed by atoms with Gasteiger partial charge in [0.1, 0.15) is 5.75 Å². The zero-order valence-corrected chi connectivity index (χ0v) is 14.2. The number of benzene rings is 1. The first-order chi connectivity index (χ1) is 12.0. The zero-order chi connectivity index (χ0) is 18.0. The third-order valence-electron chi connectivity index (χ3n) is 5.01. The highest BCUT2D eigenvalue weighted by Gasteiger charge is 2.47. The van der Waals surface area contributed by atoms with Crippen molar-refractivity contribution >= 4 is 23.5 Å². The van der Waals surface area contributed by atoms with Gasteiger partial charge in [-0.25, -0.2) is 4.90 Å². The van der Waals surface area contributed by atoms with Crippen LogP contribution < -0.4 is 19.6 Å². The number of carbonyl (C=O) groups excluding carboxylic acids is 3. The summed E-state index contributed by atoms with van der Waals surface area (Å²) in [7, 11) is 0. The van der Waals surface area contributed by atoms with Gasteiger partial charge in [-0.2, -0.15) is 0 Å². The summed E-state index contributed by atoms with van der Waals surface area (Å²) >= 11 is 0. The van der Waals surface area contributed by atoms with Crippen molar-refractivity contribution in [1.29, 1.82) is 0 Å². The van der Waals surface area contributed by atoms with E-state index in [1.807, 2.05) is 6.92 Å². The number of nitrogens with one attached hydrogen (secondary N) is 1. The van der Waals surface area contributed by atoms with E-state index in [0.717, 1.165) is 4.90 Å². The summed E-state index contributed by atoms with van der Waals surface area (Å²) in [5, 5.41) is 11.0. The number of carbonyl (C=O) groups is 3. The molecule has 0 spiro atoms. The predicted octanol–water partition coefficient (Wildman–Crippen LogP) is -1.24. The number of amides is 2. The van der Waals surface area contributed by atoms with Crippen molar-refractivity contribution in [3.63, 3.8) is 0 Å². The summed E-state index contributed by atoms with van der Waals surface area (Å²) in [5.74, 6) is -1.44. The highest BCUT2D eigenvalue weighted by Crippen LogP contribution is 2.31. The minimum absolute atomic E-state index is 0.143. The van der Waals surface area contributed by atoms with Crippen LogP contribution in [0.3, 0.4) is 0 Å². The first-order valence-electron chi connectivity index (χ1n) is 8.67. The van der Waals surface area contributed by atoms with Crippen LogP contribution in [0.25, 0.3) is 0 Å². The van der Waals surface area contributed by atoms with Crippen molar-refractivity contribution in [1.82, 2.24) is 0 Å². The molecule has 25 heavy (non-hydrogen) atoms. The van der Waals surface area contributed by atoms with Crippen LogP contribution in [-0.4, -0.2) is 43.5 Å². The average molecular weight is 346 g/mol. The molecule has 0 aromatic heterocycles. The van der Waals surface area contributed by atoms with Crippen molar-refractivity contribution in [3.05, 3.63) is 24.3 Å². The quantitative estimate of drug-likeness (QED) is 0.674. The number of nitrogens with zero attached hydrogens (tertiary/aromatic N) is 1. The molecule has 7 heteroatoms. The second-order valence-electron chi connectivity index (χ2n) is 6.48. The Hall–Kier alpha value is -2.41. The number of piperidine rings is 1. The minimum Gasteiger partial charge on any atom is -0.550 e. The summed E-state index contributed by atoms with van der Waals surface area (Å²) in [6.07, 6.45) is 1.10. The normalized spacial score (nSPS) is 26.8. The summed E-state index contributed by atoms with van der Waals surface area (Å²) < 4.78 is 5.54. The monoisotopic (exact) mass is 346 g/mol. The molecule has 0 aliphatic carbocycles. The lowest BCUT2D eigenvalue weighted by atomic mass is 9.96. The molecule has 134 valence electrons. The van der Waals surface area contributed by atoms with Gasteiger partial charge in [-0.15, -0.1) is 0 Å². The van der Waals surface area contributed by atoms with Gasteiger partial charge in [0.25, 0.3) is 5.91 Å². The molecule has 2 heterocycles. The Morgan fingerprint density at radius 2 is 1.96 bits per heavy atom. The first-order valence-corrected chi connectivity index (χ1v) is 8.67. The molecule has 1 N–H and O–H groups in total. The highest BCUT2D eigenvalue weighted by atomic mass is 16.5. The Morgan fingerprint density at radius 3 is 2.60 bits per heavy atom. The standard InChI is InChI=1S/C18H22N2O5/c1-2-25-15-6-4-3-5-13(15)20-16(21)11-14(17(20)22)19-9-7-12(8-10-19)18(23)24/h3-6,12,14H,2,7-11H2,1H3,(H,23,24)/t14-/m1/s1. The number of hydrogen-bond donors (Lipinski definition) is 1. The van der Waals surface area contributed by atoms with E-state index in [2.05, 4.69) is 0 Å². The maximum absolute atomic E-state index is 12.9. The maximum Gasteiger partial charge on any atom is 0.292 e. The number of hydrogen-bond acceptors (Lipinski definition) is 5. The van der Waals surface area contributed by atoms with Gasteiger partial charge in [-0.1, -0.05) is 12.1 Å². The molecule has 7 nitrogen and oxygen atoms in total. The summed E-state index contributed by atoms with van der Waals surface area (Å²) in [6, 6.07) is 6.56. The number of ether oxygens (including phenoxy) is 1. The fourth-order valence-electron chi connectivity index (χ4n) is 3.70. The van der Waals surface area contributed by atoms with E-state index < -0.39 is 17.9 Å². The van der Waals surface area contributed by atoms with Crippen LogP contribution in [0.1, 0.15) is 26.2 Å².